The van der Waals surface area contributed by atoms with Crippen LogP contribution in [0.1, 0.15) is 22.8 Å². The lowest BCUT2D eigenvalue weighted by atomic mass is 10.1. The maximum atomic E-state index is 12.7. The van der Waals surface area contributed by atoms with Crippen LogP contribution >= 0.6 is 0 Å². The van der Waals surface area contributed by atoms with Crippen LogP contribution < -0.4 is 10.6 Å². The van der Waals surface area contributed by atoms with Crippen molar-refractivity contribution in [2.24, 2.45) is 0 Å². The molecule has 0 saturated carbocycles. The van der Waals surface area contributed by atoms with Gasteiger partial charge in [-0.3, -0.25) is 9.89 Å². The van der Waals surface area contributed by atoms with Crippen molar-refractivity contribution in [1.82, 2.24) is 20.2 Å². The zero-order chi connectivity index (χ0) is 20.5. The number of carbonyl (C=O) groups is 1. The lowest BCUT2D eigenvalue weighted by molar-refractivity contribution is 0.102. The highest BCUT2D eigenvalue weighted by Gasteiger charge is 2.11. The number of hydrogen-bond donors (Lipinski definition) is 4. The summed E-state index contributed by atoms with van der Waals surface area (Å²) in [5.74, 6) is 0.462. The van der Waals surface area contributed by atoms with Crippen molar-refractivity contribution in [3.05, 3.63) is 78.0 Å². The number of imidazole rings is 1. The molecule has 0 aliphatic carbocycles. The van der Waals surface area contributed by atoms with E-state index in [1.54, 1.807) is 12.3 Å². The van der Waals surface area contributed by atoms with E-state index in [1.807, 2.05) is 48.5 Å². The second-order valence-corrected chi connectivity index (χ2v) is 7.08. The summed E-state index contributed by atoms with van der Waals surface area (Å²) in [5, 5.41) is 14.2. The summed E-state index contributed by atoms with van der Waals surface area (Å²) >= 11 is 0. The number of aromatic nitrogens is 4. The van der Waals surface area contributed by atoms with Crippen molar-refractivity contribution in [3.8, 4) is 0 Å². The molecule has 2 aromatic heterocycles. The molecular formula is C23H20N6O. The number of H-pyrrole nitrogens is 2. The third kappa shape index (κ3) is 3.37. The van der Waals surface area contributed by atoms with Gasteiger partial charge in [0.2, 0.25) is 5.95 Å². The molecule has 3 aromatic carbocycles. The van der Waals surface area contributed by atoms with Gasteiger partial charge in [0.25, 0.3) is 5.91 Å². The molecule has 30 heavy (non-hydrogen) atoms. The number of amides is 1. The molecule has 4 N–H and O–H groups in total. The van der Waals surface area contributed by atoms with Crippen molar-refractivity contribution in [3.63, 3.8) is 0 Å². The number of hydrogen-bond acceptors (Lipinski definition) is 4. The summed E-state index contributed by atoms with van der Waals surface area (Å²) < 4.78 is 0. The number of aryl methyl sites for hydroxylation is 1. The first-order valence-corrected chi connectivity index (χ1v) is 9.79. The standard InChI is InChI=1S/C23H20N6O/c1-2-14-5-3-4-6-18(14)26-23-27-19-10-8-15(11-21(19)28-23)22(30)25-17-9-7-16-13-24-29-20(16)12-17/h3-13H,2H2,1H3,(H,24,29)(H,25,30)(H2,26,27,28). The predicted molar refractivity (Wildman–Crippen MR) is 119 cm³/mol. The Morgan fingerprint density at radius 2 is 1.93 bits per heavy atom. The Labute approximate surface area is 172 Å². The highest BCUT2D eigenvalue weighted by molar-refractivity contribution is 6.06. The smallest absolute Gasteiger partial charge is 0.255 e. The van der Waals surface area contributed by atoms with Gasteiger partial charge in [-0.2, -0.15) is 5.10 Å². The minimum Gasteiger partial charge on any atom is -0.326 e. The van der Waals surface area contributed by atoms with E-state index in [0.717, 1.165) is 34.0 Å². The van der Waals surface area contributed by atoms with Crippen LogP contribution in [0.4, 0.5) is 17.3 Å². The fourth-order valence-electron chi connectivity index (χ4n) is 3.51. The average Bonchev–Trinajstić information content (AvgIpc) is 3.39. The normalized spacial score (nSPS) is 11.1. The Balaban J connectivity index is 1.38. The fourth-order valence-corrected chi connectivity index (χ4v) is 3.51. The number of rotatable bonds is 5. The Bertz CT molecular complexity index is 1370. The van der Waals surface area contributed by atoms with E-state index in [0.29, 0.717) is 17.2 Å². The SMILES string of the molecule is CCc1ccccc1Nc1nc2ccc(C(=O)Nc3ccc4cn[nH]c4c3)cc2[nH]1. The van der Waals surface area contributed by atoms with Crippen LogP contribution in [0.3, 0.4) is 0 Å². The molecule has 2 heterocycles. The zero-order valence-electron chi connectivity index (χ0n) is 16.4. The molecule has 0 bridgehead atoms. The molecule has 148 valence electrons. The molecule has 0 radical (unpaired) electrons. The van der Waals surface area contributed by atoms with E-state index in [9.17, 15) is 4.79 Å². The number of anilines is 3. The van der Waals surface area contributed by atoms with Gasteiger partial charge in [0.1, 0.15) is 0 Å². The number of para-hydroxylation sites is 1. The van der Waals surface area contributed by atoms with Crippen LogP contribution in [0.2, 0.25) is 0 Å². The summed E-state index contributed by atoms with van der Waals surface area (Å²) in [6.45, 7) is 2.12. The van der Waals surface area contributed by atoms with Crippen molar-refractivity contribution in [2.45, 2.75) is 13.3 Å². The third-order valence-corrected chi connectivity index (χ3v) is 5.10. The number of benzene rings is 3. The molecule has 5 aromatic rings. The Hall–Kier alpha value is -4.13. The lowest BCUT2D eigenvalue weighted by Gasteiger charge is -2.07. The third-order valence-electron chi connectivity index (χ3n) is 5.10. The Morgan fingerprint density at radius 3 is 2.83 bits per heavy atom. The van der Waals surface area contributed by atoms with Crippen LogP contribution in [0.5, 0.6) is 0 Å². The van der Waals surface area contributed by atoms with E-state index in [1.165, 1.54) is 5.56 Å². The van der Waals surface area contributed by atoms with E-state index in [2.05, 4.69) is 43.8 Å². The molecule has 0 saturated heterocycles. The quantitative estimate of drug-likeness (QED) is 0.336. The lowest BCUT2D eigenvalue weighted by Crippen LogP contribution is -2.11. The maximum Gasteiger partial charge on any atom is 0.255 e. The minimum atomic E-state index is -0.184. The van der Waals surface area contributed by atoms with Gasteiger partial charge in [-0.1, -0.05) is 25.1 Å². The summed E-state index contributed by atoms with van der Waals surface area (Å²) in [6, 6.07) is 19.2. The summed E-state index contributed by atoms with van der Waals surface area (Å²) in [4.78, 5) is 20.6. The van der Waals surface area contributed by atoms with Gasteiger partial charge in [-0.25, -0.2) is 4.98 Å². The number of carbonyl (C=O) groups excluding carboxylic acids is 1. The van der Waals surface area contributed by atoms with Gasteiger partial charge in [0, 0.05) is 22.3 Å². The summed E-state index contributed by atoms with van der Waals surface area (Å²) in [6.07, 6.45) is 2.68. The van der Waals surface area contributed by atoms with E-state index >= 15 is 0 Å². The highest BCUT2D eigenvalue weighted by atomic mass is 16.1. The molecule has 0 aliphatic heterocycles. The first kappa shape index (κ1) is 17.9. The van der Waals surface area contributed by atoms with Crippen LogP contribution in [0.25, 0.3) is 21.9 Å². The van der Waals surface area contributed by atoms with E-state index in [4.69, 9.17) is 0 Å². The van der Waals surface area contributed by atoms with Crippen molar-refractivity contribution in [2.75, 3.05) is 10.6 Å². The Kier molecular flexibility index (Phi) is 4.40. The van der Waals surface area contributed by atoms with E-state index in [-0.39, 0.29) is 5.91 Å². The number of nitrogens with zero attached hydrogens (tertiary/aromatic N) is 2. The molecule has 7 heteroatoms. The van der Waals surface area contributed by atoms with Gasteiger partial charge in [-0.05, 0) is 54.4 Å². The molecule has 1 amide bonds. The van der Waals surface area contributed by atoms with Crippen molar-refractivity contribution >= 4 is 45.2 Å². The number of nitrogens with one attached hydrogen (secondary N) is 4. The molecule has 0 spiro atoms. The van der Waals surface area contributed by atoms with Crippen LogP contribution in [0.15, 0.2) is 66.9 Å². The fraction of sp³-hybridized carbons (Fsp3) is 0.0870. The molecular weight excluding hydrogens is 376 g/mol. The van der Waals surface area contributed by atoms with Gasteiger partial charge in [0.15, 0.2) is 0 Å². The second-order valence-electron chi connectivity index (χ2n) is 7.08. The van der Waals surface area contributed by atoms with Crippen LogP contribution in [0, 0.1) is 0 Å². The van der Waals surface area contributed by atoms with E-state index < -0.39 is 0 Å². The molecule has 0 aliphatic rings. The van der Waals surface area contributed by atoms with Crippen LogP contribution in [-0.4, -0.2) is 26.1 Å². The average molecular weight is 396 g/mol. The summed E-state index contributed by atoms with van der Waals surface area (Å²) in [7, 11) is 0. The molecule has 0 fully saturated rings. The van der Waals surface area contributed by atoms with Gasteiger partial charge >= 0.3 is 0 Å². The van der Waals surface area contributed by atoms with Crippen molar-refractivity contribution in [1.29, 1.82) is 0 Å². The monoisotopic (exact) mass is 396 g/mol. The summed E-state index contributed by atoms with van der Waals surface area (Å²) in [5.41, 5.74) is 5.96. The number of aromatic amines is 2. The highest BCUT2D eigenvalue weighted by Crippen LogP contribution is 2.23. The van der Waals surface area contributed by atoms with Crippen LogP contribution in [-0.2, 0) is 6.42 Å². The molecule has 5 rings (SSSR count). The zero-order valence-corrected chi connectivity index (χ0v) is 16.4. The largest absolute Gasteiger partial charge is 0.326 e. The second kappa shape index (κ2) is 7.36. The maximum absolute atomic E-state index is 12.7. The first-order valence-electron chi connectivity index (χ1n) is 9.79. The molecule has 0 atom stereocenters. The topological polar surface area (TPSA) is 98.5 Å². The predicted octanol–water partition coefficient (Wildman–Crippen LogP) is 5.00. The van der Waals surface area contributed by atoms with Crippen molar-refractivity contribution < 1.29 is 4.79 Å². The molecule has 0 unspecified atom stereocenters. The minimum absolute atomic E-state index is 0.184. The molecule has 7 nitrogen and oxygen atoms in total. The first-order chi connectivity index (χ1) is 14.7. The number of fused-ring (bicyclic) bond motifs is 2. The Morgan fingerprint density at radius 1 is 1.03 bits per heavy atom. The van der Waals surface area contributed by atoms with Gasteiger partial charge in [0.05, 0.1) is 22.7 Å². The van der Waals surface area contributed by atoms with Gasteiger partial charge in [-0.15, -0.1) is 0 Å². The van der Waals surface area contributed by atoms with Gasteiger partial charge < -0.3 is 15.6 Å².